The molecule has 104 valence electrons. The molecule has 1 fully saturated rings. The molecule has 0 saturated carbocycles. The van der Waals surface area contributed by atoms with Crippen molar-refractivity contribution in [2.75, 3.05) is 13.1 Å². The standard InChI is InChI=1S/C14H19FN2O2/c1-2-3-13(18)17-8-6-14(19,7-9-17)11-4-5-12(15)16-10-11/h4-5,10,19H,2-3,6-9H2,1H3. The van der Waals surface area contributed by atoms with Crippen LogP contribution in [0.1, 0.15) is 38.2 Å². The molecule has 1 aliphatic heterocycles. The lowest BCUT2D eigenvalue weighted by Gasteiger charge is -2.38. The summed E-state index contributed by atoms with van der Waals surface area (Å²) >= 11 is 0. The van der Waals surface area contributed by atoms with Crippen molar-refractivity contribution in [1.29, 1.82) is 0 Å². The van der Waals surface area contributed by atoms with E-state index >= 15 is 0 Å². The monoisotopic (exact) mass is 266 g/mol. The lowest BCUT2D eigenvalue weighted by molar-refractivity contribution is -0.135. The van der Waals surface area contributed by atoms with E-state index in [0.29, 0.717) is 37.9 Å². The van der Waals surface area contributed by atoms with Crippen LogP contribution in [0.3, 0.4) is 0 Å². The van der Waals surface area contributed by atoms with Gasteiger partial charge in [-0.15, -0.1) is 0 Å². The van der Waals surface area contributed by atoms with Crippen molar-refractivity contribution in [1.82, 2.24) is 9.88 Å². The first kappa shape index (κ1) is 13.9. The van der Waals surface area contributed by atoms with Crippen LogP contribution >= 0.6 is 0 Å². The van der Waals surface area contributed by atoms with E-state index in [9.17, 15) is 14.3 Å². The topological polar surface area (TPSA) is 53.4 Å². The number of hydrogen-bond donors (Lipinski definition) is 1. The van der Waals surface area contributed by atoms with Crippen LogP contribution in [-0.2, 0) is 10.4 Å². The van der Waals surface area contributed by atoms with Crippen LogP contribution in [0, 0.1) is 5.95 Å². The molecule has 0 spiro atoms. The van der Waals surface area contributed by atoms with Crippen LogP contribution in [-0.4, -0.2) is 34.0 Å². The van der Waals surface area contributed by atoms with Crippen LogP contribution < -0.4 is 0 Å². The highest BCUT2D eigenvalue weighted by Crippen LogP contribution is 2.32. The van der Waals surface area contributed by atoms with Crippen molar-refractivity contribution in [3.05, 3.63) is 29.8 Å². The molecule has 0 aliphatic carbocycles. The van der Waals surface area contributed by atoms with Gasteiger partial charge in [0.2, 0.25) is 11.9 Å². The summed E-state index contributed by atoms with van der Waals surface area (Å²) in [4.78, 5) is 17.1. The van der Waals surface area contributed by atoms with Gasteiger partial charge in [0.05, 0.1) is 5.60 Å². The molecule has 2 heterocycles. The molecular weight excluding hydrogens is 247 g/mol. The number of carbonyl (C=O) groups is 1. The van der Waals surface area contributed by atoms with E-state index in [-0.39, 0.29) is 5.91 Å². The van der Waals surface area contributed by atoms with Gasteiger partial charge in [-0.25, -0.2) is 4.98 Å². The van der Waals surface area contributed by atoms with E-state index in [1.54, 1.807) is 11.0 Å². The van der Waals surface area contributed by atoms with Crippen molar-refractivity contribution in [3.63, 3.8) is 0 Å². The minimum Gasteiger partial charge on any atom is -0.385 e. The summed E-state index contributed by atoms with van der Waals surface area (Å²) in [5.74, 6) is -0.412. The second kappa shape index (κ2) is 5.65. The number of likely N-dealkylation sites (tertiary alicyclic amines) is 1. The maximum atomic E-state index is 12.8. The molecule has 19 heavy (non-hydrogen) atoms. The molecule has 1 aromatic rings. The smallest absolute Gasteiger partial charge is 0.222 e. The number of aliphatic hydroxyl groups is 1. The van der Waals surface area contributed by atoms with Crippen LogP contribution in [0.5, 0.6) is 0 Å². The van der Waals surface area contributed by atoms with Gasteiger partial charge in [0.1, 0.15) is 0 Å². The fourth-order valence-electron chi connectivity index (χ4n) is 2.44. The summed E-state index contributed by atoms with van der Waals surface area (Å²) < 4.78 is 12.8. The van der Waals surface area contributed by atoms with Crippen LogP contribution in [0.4, 0.5) is 4.39 Å². The van der Waals surface area contributed by atoms with Gasteiger partial charge in [-0.1, -0.05) is 13.0 Å². The van der Waals surface area contributed by atoms with E-state index in [1.165, 1.54) is 12.3 Å². The SMILES string of the molecule is CCCC(=O)N1CCC(O)(c2ccc(F)nc2)CC1. The summed E-state index contributed by atoms with van der Waals surface area (Å²) in [5.41, 5.74) is -0.375. The number of nitrogens with zero attached hydrogens (tertiary/aromatic N) is 2. The number of halogens is 1. The summed E-state index contributed by atoms with van der Waals surface area (Å²) in [5, 5.41) is 10.6. The average molecular weight is 266 g/mol. The van der Waals surface area contributed by atoms with E-state index in [4.69, 9.17) is 0 Å². The molecule has 1 aromatic heterocycles. The maximum Gasteiger partial charge on any atom is 0.222 e. The van der Waals surface area contributed by atoms with Crippen molar-refractivity contribution >= 4 is 5.91 Å². The van der Waals surface area contributed by atoms with E-state index in [1.807, 2.05) is 6.92 Å². The Morgan fingerprint density at radius 2 is 2.16 bits per heavy atom. The Bertz CT molecular complexity index is 439. The van der Waals surface area contributed by atoms with Crippen molar-refractivity contribution in [3.8, 4) is 0 Å². The van der Waals surface area contributed by atoms with E-state index < -0.39 is 11.5 Å². The molecule has 4 nitrogen and oxygen atoms in total. The van der Waals surface area contributed by atoms with Gasteiger partial charge in [0.25, 0.3) is 0 Å². The Kier molecular flexibility index (Phi) is 4.14. The first-order valence-corrected chi connectivity index (χ1v) is 6.67. The average Bonchev–Trinajstić information content (AvgIpc) is 2.40. The first-order valence-electron chi connectivity index (χ1n) is 6.67. The number of pyridine rings is 1. The normalized spacial score (nSPS) is 18.4. The molecule has 1 N–H and O–H groups in total. The third-order valence-corrected chi connectivity index (χ3v) is 3.67. The summed E-state index contributed by atoms with van der Waals surface area (Å²) in [6.45, 7) is 3.04. The summed E-state index contributed by atoms with van der Waals surface area (Å²) in [7, 11) is 0. The second-order valence-corrected chi connectivity index (χ2v) is 5.03. The Labute approximate surface area is 112 Å². The fourth-order valence-corrected chi connectivity index (χ4v) is 2.44. The zero-order valence-electron chi connectivity index (χ0n) is 11.1. The first-order chi connectivity index (χ1) is 9.05. The number of aromatic nitrogens is 1. The molecule has 5 heteroatoms. The van der Waals surface area contributed by atoms with Gasteiger partial charge in [0.15, 0.2) is 0 Å². The minimum absolute atomic E-state index is 0.141. The Balaban J connectivity index is 2.01. The quantitative estimate of drug-likeness (QED) is 0.849. The number of rotatable bonds is 3. The van der Waals surface area contributed by atoms with Crippen molar-refractivity contribution in [2.24, 2.45) is 0 Å². The Morgan fingerprint density at radius 1 is 1.47 bits per heavy atom. The van der Waals surface area contributed by atoms with Crippen LogP contribution in [0.15, 0.2) is 18.3 Å². The molecule has 0 unspecified atom stereocenters. The Hall–Kier alpha value is -1.49. The number of carbonyl (C=O) groups excluding carboxylic acids is 1. The molecule has 1 aliphatic rings. The lowest BCUT2D eigenvalue weighted by Crippen LogP contribution is -2.45. The number of piperidine rings is 1. The molecule has 1 saturated heterocycles. The maximum absolute atomic E-state index is 12.8. The Morgan fingerprint density at radius 3 is 2.68 bits per heavy atom. The van der Waals surface area contributed by atoms with Gasteiger partial charge < -0.3 is 10.0 Å². The highest BCUT2D eigenvalue weighted by molar-refractivity contribution is 5.76. The van der Waals surface area contributed by atoms with Gasteiger partial charge in [-0.2, -0.15) is 4.39 Å². The zero-order valence-corrected chi connectivity index (χ0v) is 11.1. The lowest BCUT2D eigenvalue weighted by atomic mass is 9.85. The molecule has 2 rings (SSSR count). The summed E-state index contributed by atoms with van der Waals surface area (Å²) in [6, 6.07) is 2.81. The largest absolute Gasteiger partial charge is 0.385 e. The minimum atomic E-state index is -0.996. The van der Waals surface area contributed by atoms with Crippen LogP contribution in [0.25, 0.3) is 0 Å². The third kappa shape index (κ3) is 3.10. The fraction of sp³-hybridized carbons (Fsp3) is 0.571. The highest BCUT2D eigenvalue weighted by atomic mass is 19.1. The van der Waals surface area contributed by atoms with Gasteiger partial charge in [0, 0.05) is 31.3 Å². The van der Waals surface area contributed by atoms with Crippen molar-refractivity contribution in [2.45, 2.75) is 38.2 Å². The number of amides is 1. The molecule has 0 bridgehead atoms. The van der Waals surface area contributed by atoms with E-state index in [0.717, 1.165) is 6.42 Å². The van der Waals surface area contributed by atoms with E-state index in [2.05, 4.69) is 4.98 Å². The van der Waals surface area contributed by atoms with Crippen molar-refractivity contribution < 1.29 is 14.3 Å². The summed E-state index contributed by atoms with van der Waals surface area (Å²) in [6.07, 6.45) is 3.70. The van der Waals surface area contributed by atoms with Crippen LogP contribution in [0.2, 0.25) is 0 Å². The zero-order chi connectivity index (χ0) is 13.9. The molecule has 1 amide bonds. The predicted molar refractivity (Wildman–Crippen MR) is 68.8 cm³/mol. The third-order valence-electron chi connectivity index (χ3n) is 3.67. The molecule has 0 radical (unpaired) electrons. The van der Waals surface area contributed by atoms with Gasteiger partial charge in [-0.3, -0.25) is 4.79 Å². The molecule has 0 aromatic carbocycles. The highest BCUT2D eigenvalue weighted by Gasteiger charge is 2.35. The molecular formula is C14H19FN2O2. The van der Waals surface area contributed by atoms with Gasteiger partial charge >= 0.3 is 0 Å². The second-order valence-electron chi connectivity index (χ2n) is 5.03. The number of hydrogen-bond acceptors (Lipinski definition) is 3. The predicted octanol–water partition coefficient (Wildman–Crippen LogP) is 1.83. The van der Waals surface area contributed by atoms with Gasteiger partial charge in [-0.05, 0) is 25.3 Å². The molecule has 0 atom stereocenters.